The first-order chi connectivity index (χ1) is 19.6. The fourth-order valence-corrected chi connectivity index (χ4v) is 7.16. The van der Waals surface area contributed by atoms with E-state index in [2.05, 4.69) is 51.8 Å². The minimum atomic E-state index is -0.782. The highest BCUT2D eigenvalue weighted by Crippen LogP contribution is 2.39. The average molecular weight is 561 g/mol. The lowest BCUT2D eigenvalue weighted by Gasteiger charge is -2.36. The zero-order chi connectivity index (χ0) is 29.1. The van der Waals surface area contributed by atoms with Crippen LogP contribution in [0.15, 0.2) is 60.8 Å². The van der Waals surface area contributed by atoms with Crippen LogP contribution in [-0.4, -0.2) is 69.2 Å². The van der Waals surface area contributed by atoms with Crippen molar-refractivity contribution in [2.75, 3.05) is 32.7 Å². The third kappa shape index (κ3) is 6.90. The molecule has 5 rings (SSSR count). The van der Waals surface area contributed by atoms with E-state index < -0.39 is 17.4 Å². The average Bonchev–Trinajstić information content (AvgIpc) is 3.52. The number of piperidine rings is 1. The van der Waals surface area contributed by atoms with Gasteiger partial charge in [0.25, 0.3) is 0 Å². The van der Waals surface area contributed by atoms with Gasteiger partial charge in [0.2, 0.25) is 0 Å². The number of rotatable bonds is 9. The number of imidazole rings is 1. The van der Waals surface area contributed by atoms with Crippen LogP contribution >= 0.6 is 0 Å². The number of aliphatic carboxylic acids is 1. The highest BCUT2D eigenvalue weighted by Gasteiger charge is 2.44. The number of hydrogen-bond acceptors (Lipinski definition) is 4. The number of halogens is 1. The number of aryl methyl sites for hydroxylation is 1. The zero-order valence-electron chi connectivity index (χ0n) is 25.0. The summed E-state index contributed by atoms with van der Waals surface area (Å²) in [6.45, 7) is 12.4. The molecule has 41 heavy (non-hydrogen) atoms. The molecule has 0 radical (unpaired) electrons. The van der Waals surface area contributed by atoms with Crippen molar-refractivity contribution >= 4 is 5.97 Å². The first-order valence-electron chi connectivity index (χ1n) is 15.2. The summed E-state index contributed by atoms with van der Waals surface area (Å²) < 4.78 is 16.7. The van der Waals surface area contributed by atoms with Gasteiger partial charge in [0.05, 0.1) is 5.69 Å². The second-order valence-corrected chi connectivity index (χ2v) is 13.1. The summed E-state index contributed by atoms with van der Waals surface area (Å²) in [6, 6.07) is 17.3. The fourth-order valence-electron chi connectivity index (χ4n) is 7.16. The number of aromatic nitrogens is 2. The van der Waals surface area contributed by atoms with Gasteiger partial charge in [-0.2, -0.15) is 0 Å². The quantitative estimate of drug-likeness (QED) is 0.346. The lowest BCUT2D eigenvalue weighted by Crippen LogP contribution is -2.48. The number of carboxylic acids is 1. The van der Waals surface area contributed by atoms with Gasteiger partial charge in [-0.1, -0.05) is 70.2 Å². The molecule has 2 aromatic carbocycles. The second-order valence-electron chi connectivity index (χ2n) is 13.1. The van der Waals surface area contributed by atoms with Crippen LogP contribution < -0.4 is 0 Å². The van der Waals surface area contributed by atoms with Gasteiger partial charge in [0, 0.05) is 63.7 Å². The van der Waals surface area contributed by atoms with Crippen molar-refractivity contribution in [3.63, 3.8) is 0 Å². The van der Waals surface area contributed by atoms with E-state index in [0.717, 1.165) is 62.4 Å². The Balaban J connectivity index is 1.27. The van der Waals surface area contributed by atoms with Crippen molar-refractivity contribution in [3.8, 4) is 0 Å². The second kappa shape index (κ2) is 12.5. The number of carboxylic acid groups (broad SMARTS) is 1. The maximum atomic E-state index is 14.2. The Bertz CT molecular complexity index is 1310. The molecule has 220 valence electrons. The number of likely N-dealkylation sites (tertiary alicyclic amines) is 2. The Morgan fingerprint density at radius 1 is 1.07 bits per heavy atom. The van der Waals surface area contributed by atoms with Gasteiger partial charge in [-0.3, -0.25) is 9.69 Å². The number of nitrogens with zero attached hydrogens (tertiary/aromatic N) is 4. The van der Waals surface area contributed by atoms with E-state index in [9.17, 15) is 14.3 Å². The summed E-state index contributed by atoms with van der Waals surface area (Å²) in [5.41, 5.74) is 2.99. The highest BCUT2D eigenvalue weighted by molar-refractivity contribution is 5.74. The van der Waals surface area contributed by atoms with Gasteiger partial charge in [-0.25, -0.2) is 9.37 Å². The summed E-state index contributed by atoms with van der Waals surface area (Å²) in [5.74, 6) is 0.498. The molecule has 7 heteroatoms. The molecular formula is C34H45FN4O2. The van der Waals surface area contributed by atoms with Crippen LogP contribution in [0.3, 0.4) is 0 Å². The molecule has 0 spiro atoms. The van der Waals surface area contributed by atoms with Crippen LogP contribution in [0.1, 0.15) is 75.1 Å². The van der Waals surface area contributed by atoms with Crippen molar-refractivity contribution in [3.05, 3.63) is 89.3 Å². The predicted octanol–water partition coefficient (Wildman–Crippen LogP) is 6.03. The summed E-state index contributed by atoms with van der Waals surface area (Å²) in [7, 11) is 0. The summed E-state index contributed by atoms with van der Waals surface area (Å²) in [6.07, 6.45) is 6.16. The van der Waals surface area contributed by atoms with Gasteiger partial charge >= 0.3 is 5.97 Å². The standard InChI is InChI=1S/C34H45FN4O2/c1-5-31-36-28(18-24-10-7-6-8-11-24)22-39(31)29-14-16-37(17-15-29)20-26-21-38(32(33(40)41)34(2,3)4)23-30(26)25-12-9-13-27(35)19-25/h6-13,19,22,26,29-30,32H,5,14-18,20-21,23H2,1-4H3,(H,40,41). The van der Waals surface area contributed by atoms with Crippen molar-refractivity contribution in [2.45, 2.75) is 71.4 Å². The molecule has 2 aliphatic heterocycles. The third-order valence-electron chi connectivity index (χ3n) is 9.01. The van der Waals surface area contributed by atoms with Crippen molar-refractivity contribution < 1.29 is 14.3 Å². The molecule has 2 saturated heterocycles. The van der Waals surface area contributed by atoms with Gasteiger partial charge < -0.3 is 14.6 Å². The first-order valence-corrected chi connectivity index (χ1v) is 15.2. The van der Waals surface area contributed by atoms with Gasteiger partial charge in [-0.15, -0.1) is 0 Å². The van der Waals surface area contributed by atoms with Crippen LogP contribution in [0.25, 0.3) is 0 Å². The normalized spacial score (nSPS) is 21.8. The third-order valence-corrected chi connectivity index (χ3v) is 9.01. The van der Waals surface area contributed by atoms with Crippen LogP contribution in [0.2, 0.25) is 0 Å². The summed E-state index contributed by atoms with van der Waals surface area (Å²) >= 11 is 0. The minimum Gasteiger partial charge on any atom is -0.480 e. The van der Waals surface area contributed by atoms with Gasteiger partial charge in [0.1, 0.15) is 17.7 Å². The summed E-state index contributed by atoms with van der Waals surface area (Å²) in [4.78, 5) is 22.0. The first kappa shape index (κ1) is 29.5. The molecule has 0 bridgehead atoms. The molecule has 2 fully saturated rings. The molecule has 0 amide bonds. The van der Waals surface area contributed by atoms with Crippen molar-refractivity contribution in [1.82, 2.24) is 19.4 Å². The highest BCUT2D eigenvalue weighted by atomic mass is 19.1. The van der Waals surface area contributed by atoms with E-state index in [0.29, 0.717) is 19.1 Å². The van der Waals surface area contributed by atoms with E-state index >= 15 is 0 Å². The van der Waals surface area contributed by atoms with Crippen LogP contribution in [0, 0.1) is 17.2 Å². The Morgan fingerprint density at radius 3 is 2.44 bits per heavy atom. The van der Waals surface area contributed by atoms with Crippen LogP contribution in [0.4, 0.5) is 4.39 Å². The molecule has 2 aliphatic rings. The van der Waals surface area contributed by atoms with E-state index in [1.165, 1.54) is 11.6 Å². The molecule has 0 saturated carbocycles. The van der Waals surface area contributed by atoms with E-state index in [-0.39, 0.29) is 17.7 Å². The lowest BCUT2D eigenvalue weighted by molar-refractivity contribution is -0.147. The molecule has 6 nitrogen and oxygen atoms in total. The molecule has 1 aromatic heterocycles. The molecule has 3 heterocycles. The summed E-state index contributed by atoms with van der Waals surface area (Å²) in [5, 5.41) is 10.1. The van der Waals surface area contributed by atoms with Crippen molar-refractivity contribution in [2.24, 2.45) is 11.3 Å². The van der Waals surface area contributed by atoms with E-state index in [1.54, 1.807) is 12.1 Å². The molecule has 0 aliphatic carbocycles. The van der Waals surface area contributed by atoms with Gasteiger partial charge in [-0.05, 0) is 47.4 Å². The molecule has 3 atom stereocenters. The number of benzene rings is 2. The number of carbonyl (C=O) groups is 1. The largest absolute Gasteiger partial charge is 0.480 e. The lowest BCUT2D eigenvalue weighted by atomic mass is 9.85. The van der Waals surface area contributed by atoms with Crippen LogP contribution in [0.5, 0.6) is 0 Å². The Morgan fingerprint density at radius 2 is 1.80 bits per heavy atom. The maximum Gasteiger partial charge on any atom is 0.321 e. The van der Waals surface area contributed by atoms with E-state index in [1.807, 2.05) is 32.9 Å². The SMILES string of the molecule is CCc1nc(Cc2ccccc2)cn1C1CCN(CC2CN(C(C(=O)O)C(C)(C)C)CC2c2cccc(F)c2)CC1. The van der Waals surface area contributed by atoms with E-state index in [4.69, 9.17) is 4.98 Å². The molecule has 3 aromatic rings. The van der Waals surface area contributed by atoms with Crippen LogP contribution in [-0.2, 0) is 17.6 Å². The Hall–Kier alpha value is -3.03. The minimum absolute atomic E-state index is 0.105. The predicted molar refractivity (Wildman–Crippen MR) is 161 cm³/mol. The Labute approximate surface area is 244 Å². The monoisotopic (exact) mass is 560 g/mol. The molecular weight excluding hydrogens is 515 g/mol. The van der Waals surface area contributed by atoms with Gasteiger partial charge in [0.15, 0.2) is 0 Å². The molecule has 3 unspecified atom stereocenters. The fraction of sp³-hybridized carbons (Fsp3) is 0.529. The smallest absolute Gasteiger partial charge is 0.321 e. The maximum absolute atomic E-state index is 14.2. The zero-order valence-corrected chi connectivity index (χ0v) is 25.0. The van der Waals surface area contributed by atoms with Crippen molar-refractivity contribution in [1.29, 1.82) is 0 Å². The topological polar surface area (TPSA) is 61.6 Å². The number of hydrogen-bond donors (Lipinski definition) is 1. The Kier molecular flexibility index (Phi) is 8.95. The molecule has 1 N–H and O–H groups in total.